The third-order valence-corrected chi connectivity index (χ3v) is 2.27. The molecule has 0 radical (unpaired) electrons. The van der Waals surface area contributed by atoms with Gasteiger partial charge in [0.25, 0.3) is 5.91 Å². The highest BCUT2D eigenvalue weighted by Gasteiger charge is 2.16. The number of amides is 1. The van der Waals surface area contributed by atoms with Crippen molar-refractivity contribution in [1.29, 1.82) is 0 Å². The van der Waals surface area contributed by atoms with Crippen LogP contribution in [0, 0.1) is 5.92 Å². The maximum absolute atomic E-state index is 11.8. The van der Waals surface area contributed by atoms with Gasteiger partial charge >= 0.3 is 0 Å². The molecular weight excluding hydrogens is 270 g/mol. The molecule has 1 rings (SSSR count). The van der Waals surface area contributed by atoms with Gasteiger partial charge in [-0.05, 0) is 5.92 Å². The maximum atomic E-state index is 11.8. The molecule has 1 aromatic rings. The monoisotopic (exact) mass is 285 g/mol. The number of aliphatic imine (C=N–C) groups is 1. The molecule has 1 heterocycles. The third-order valence-electron chi connectivity index (χ3n) is 1.99. The first kappa shape index (κ1) is 15.0. The second-order valence-corrected chi connectivity index (χ2v) is 4.57. The summed E-state index contributed by atoms with van der Waals surface area (Å²) in [5, 5.41) is 2.25. The first-order chi connectivity index (χ1) is 8.81. The predicted octanol–water partition coefficient (Wildman–Crippen LogP) is -0.00510. The van der Waals surface area contributed by atoms with E-state index in [1.807, 2.05) is 13.8 Å². The summed E-state index contributed by atoms with van der Waals surface area (Å²) in [6.45, 7) is 4.44. The number of nitrogens with two attached hydrogens (primary N) is 3. The number of hydrogen-bond acceptors (Lipinski definition) is 6. The second kappa shape index (κ2) is 6.19. The summed E-state index contributed by atoms with van der Waals surface area (Å²) in [5.41, 5.74) is 16.3. The van der Waals surface area contributed by atoms with Crippen molar-refractivity contribution in [1.82, 2.24) is 15.3 Å². The molecular formula is C10H16ClN7O. The minimum atomic E-state index is -0.642. The Morgan fingerprint density at radius 1 is 1.37 bits per heavy atom. The molecule has 19 heavy (non-hydrogen) atoms. The van der Waals surface area contributed by atoms with Gasteiger partial charge in [0.15, 0.2) is 28.4 Å². The lowest BCUT2D eigenvalue weighted by molar-refractivity contribution is 0.0972. The highest BCUT2D eigenvalue weighted by molar-refractivity contribution is 6.31. The molecule has 7 N–H and O–H groups in total. The minimum absolute atomic E-state index is 0.0205. The lowest BCUT2D eigenvalue weighted by atomic mass is 10.2. The maximum Gasteiger partial charge on any atom is 0.280 e. The van der Waals surface area contributed by atoms with Gasteiger partial charge in [-0.3, -0.25) is 15.1 Å². The normalized spacial score (nSPS) is 11.7. The van der Waals surface area contributed by atoms with Crippen molar-refractivity contribution in [2.75, 3.05) is 18.0 Å². The minimum Gasteiger partial charge on any atom is -0.382 e. The number of nitrogens with one attached hydrogen (secondary N) is 1. The second-order valence-electron chi connectivity index (χ2n) is 4.21. The Labute approximate surface area is 115 Å². The molecule has 0 saturated heterocycles. The molecule has 9 heteroatoms. The number of rotatable bonds is 3. The molecule has 0 fully saturated rings. The van der Waals surface area contributed by atoms with Gasteiger partial charge < -0.3 is 17.2 Å². The van der Waals surface area contributed by atoms with Crippen LogP contribution in [0.15, 0.2) is 4.99 Å². The largest absolute Gasteiger partial charge is 0.382 e. The average Bonchev–Trinajstić information content (AvgIpc) is 2.31. The Hall–Kier alpha value is -2.09. The fourth-order valence-electron chi connectivity index (χ4n) is 1.10. The van der Waals surface area contributed by atoms with E-state index in [1.54, 1.807) is 0 Å². The number of carbonyl (C=O) groups is 1. The zero-order chi connectivity index (χ0) is 14.6. The molecule has 0 bridgehead atoms. The van der Waals surface area contributed by atoms with Crippen LogP contribution < -0.4 is 22.5 Å². The molecule has 1 amide bonds. The van der Waals surface area contributed by atoms with E-state index in [0.29, 0.717) is 12.5 Å². The molecule has 0 aromatic carbocycles. The summed E-state index contributed by atoms with van der Waals surface area (Å²) in [6, 6.07) is 0. The van der Waals surface area contributed by atoms with Crippen molar-refractivity contribution in [2.24, 2.45) is 16.6 Å². The smallest absolute Gasteiger partial charge is 0.280 e. The molecule has 0 aliphatic rings. The van der Waals surface area contributed by atoms with Crippen LogP contribution in [0.1, 0.15) is 24.3 Å². The molecule has 0 aliphatic carbocycles. The summed E-state index contributed by atoms with van der Waals surface area (Å²) in [7, 11) is 0. The predicted molar refractivity (Wildman–Crippen MR) is 74.7 cm³/mol. The zero-order valence-electron chi connectivity index (χ0n) is 10.6. The molecule has 8 nitrogen and oxygen atoms in total. The number of hydrogen-bond donors (Lipinski definition) is 4. The van der Waals surface area contributed by atoms with Gasteiger partial charge in [-0.15, -0.1) is 0 Å². The van der Waals surface area contributed by atoms with Gasteiger partial charge in [-0.1, -0.05) is 25.4 Å². The first-order valence-corrected chi connectivity index (χ1v) is 5.88. The SMILES string of the molecule is CC(C)CN=C(N)NC(=O)c1nc(Cl)c(N)nc1N. The Bertz CT molecular complexity index is 515. The van der Waals surface area contributed by atoms with Crippen molar-refractivity contribution in [3.05, 3.63) is 10.8 Å². The highest BCUT2D eigenvalue weighted by atomic mass is 35.5. The summed E-state index contributed by atoms with van der Waals surface area (Å²) < 4.78 is 0. The summed E-state index contributed by atoms with van der Waals surface area (Å²) in [5.74, 6) is -0.510. The molecule has 104 valence electrons. The number of nitrogens with zero attached hydrogens (tertiary/aromatic N) is 3. The molecule has 0 saturated carbocycles. The molecule has 0 unspecified atom stereocenters. The average molecular weight is 286 g/mol. The fourth-order valence-corrected chi connectivity index (χ4v) is 1.23. The van der Waals surface area contributed by atoms with Gasteiger partial charge in [0.1, 0.15) is 0 Å². The Morgan fingerprint density at radius 3 is 2.58 bits per heavy atom. The fraction of sp³-hybridized carbons (Fsp3) is 0.400. The number of halogens is 1. The van der Waals surface area contributed by atoms with Gasteiger partial charge in [0, 0.05) is 6.54 Å². The van der Waals surface area contributed by atoms with E-state index in [2.05, 4.69) is 20.3 Å². The van der Waals surface area contributed by atoms with Crippen molar-refractivity contribution in [2.45, 2.75) is 13.8 Å². The van der Waals surface area contributed by atoms with Crippen LogP contribution >= 0.6 is 11.6 Å². The van der Waals surface area contributed by atoms with E-state index >= 15 is 0 Å². The van der Waals surface area contributed by atoms with Crippen molar-refractivity contribution in [3.8, 4) is 0 Å². The highest BCUT2D eigenvalue weighted by Crippen LogP contribution is 2.16. The van der Waals surface area contributed by atoms with E-state index in [4.69, 9.17) is 28.8 Å². The van der Waals surface area contributed by atoms with E-state index in [9.17, 15) is 4.79 Å². The Morgan fingerprint density at radius 2 is 2.00 bits per heavy atom. The van der Waals surface area contributed by atoms with Crippen LogP contribution in [0.25, 0.3) is 0 Å². The molecule has 1 aromatic heterocycles. The van der Waals surface area contributed by atoms with Crippen molar-refractivity contribution < 1.29 is 4.79 Å². The van der Waals surface area contributed by atoms with Crippen molar-refractivity contribution >= 4 is 35.1 Å². The van der Waals surface area contributed by atoms with Crippen LogP contribution in [0.3, 0.4) is 0 Å². The quantitative estimate of drug-likeness (QED) is 0.454. The van der Waals surface area contributed by atoms with Crippen LogP contribution in [0.4, 0.5) is 11.6 Å². The van der Waals surface area contributed by atoms with E-state index < -0.39 is 5.91 Å². The number of nitrogen functional groups attached to an aromatic ring is 2. The van der Waals surface area contributed by atoms with E-state index in [1.165, 1.54) is 0 Å². The zero-order valence-corrected chi connectivity index (χ0v) is 11.4. The third kappa shape index (κ3) is 4.25. The molecule has 0 aliphatic heterocycles. The van der Waals surface area contributed by atoms with Crippen LogP contribution in [0.5, 0.6) is 0 Å². The lowest BCUT2D eigenvalue weighted by Crippen LogP contribution is -2.38. The van der Waals surface area contributed by atoms with Crippen LogP contribution in [0.2, 0.25) is 5.15 Å². The first-order valence-electron chi connectivity index (χ1n) is 5.51. The summed E-state index contributed by atoms with van der Waals surface area (Å²) in [6.07, 6.45) is 0. The van der Waals surface area contributed by atoms with E-state index in [0.717, 1.165) is 0 Å². The summed E-state index contributed by atoms with van der Waals surface area (Å²) >= 11 is 5.67. The van der Waals surface area contributed by atoms with Gasteiger partial charge in [-0.2, -0.15) is 0 Å². The summed E-state index contributed by atoms with van der Waals surface area (Å²) in [4.78, 5) is 23.3. The number of anilines is 2. The lowest BCUT2D eigenvalue weighted by Gasteiger charge is -2.07. The van der Waals surface area contributed by atoms with Gasteiger partial charge in [0.2, 0.25) is 0 Å². The Balaban J connectivity index is 2.84. The topological polar surface area (TPSA) is 145 Å². The van der Waals surface area contributed by atoms with Gasteiger partial charge in [-0.25, -0.2) is 9.97 Å². The Kier molecular flexibility index (Phi) is 4.87. The van der Waals surface area contributed by atoms with E-state index in [-0.39, 0.29) is 28.4 Å². The molecule has 0 spiro atoms. The molecule has 0 atom stereocenters. The van der Waals surface area contributed by atoms with Crippen LogP contribution in [-0.4, -0.2) is 28.4 Å². The number of carbonyl (C=O) groups excluding carboxylic acids is 1. The number of guanidine groups is 1. The van der Waals surface area contributed by atoms with Crippen molar-refractivity contribution in [3.63, 3.8) is 0 Å². The number of aromatic nitrogens is 2. The van der Waals surface area contributed by atoms with Gasteiger partial charge in [0.05, 0.1) is 0 Å². The standard InChI is InChI=1S/C10H16ClN7O/c1-4(2)3-15-10(14)18-9(19)5-7(12)17-8(13)6(11)16-5/h4H,3H2,1-2H3,(H4,12,13,17)(H3,14,15,18,19). The van der Waals surface area contributed by atoms with Crippen LogP contribution in [-0.2, 0) is 0 Å².